The fourth-order valence-corrected chi connectivity index (χ4v) is 1.96. The van der Waals surface area contributed by atoms with Crippen molar-refractivity contribution in [1.29, 1.82) is 0 Å². The van der Waals surface area contributed by atoms with Gasteiger partial charge in [-0.1, -0.05) is 23.2 Å². The summed E-state index contributed by atoms with van der Waals surface area (Å²) >= 11 is 11.8. The fourth-order valence-electron chi connectivity index (χ4n) is 1.43. The number of hydrazone groups is 1. The summed E-state index contributed by atoms with van der Waals surface area (Å²) in [5, 5.41) is 4.62. The van der Waals surface area contributed by atoms with Crippen LogP contribution in [-0.4, -0.2) is 12.2 Å². The van der Waals surface area contributed by atoms with Gasteiger partial charge in [-0.2, -0.15) is 5.10 Å². The van der Waals surface area contributed by atoms with Crippen molar-refractivity contribution < 1.29 is 9.21 Å². The third-order valence-electron chi connectivity index (χ3n) is 2.14. The number of furan rings is 1. The number of carbonyl (C=O) groups is 1. The van der Waals surface area contributed by atoms with Gasteiger partial charge in [-0.25, -0.2) is 10.2 Å². The van der Waals surface area contributed by atoms with Gasteiger partial charge >= 0.3 is 6.03 Å². The lowest BCUT2D eigenvalue weighted by atomic mass is 10.2. The lowest BCUT2D eigenvalue weighted by Gasteiger charge is -1.99. The van der Waals surface area contributed by atoms with Gasteiger partial charge in [-0.05, 0) is 30.3 Å². The van der Waals surface area contributed by atoms with E-state index in [1.54, 1.807) is 30.3 Å². The Morgan fingerprint density at radius 2 is 1.95 bits per heavy atom. The molecule has 0 spiro atoms. The molecular weight excluding hydrogens is 289 g/mol. The maximum atomic E-state index is 10.4. The molecule has 19 heavy (non-hydrogen) atoms. The van der Waals surface area contributed by atoms with Crippen LogP contribution in [0.2, 0.25) is 10.0 Å². The van der Waals surface area contributed by atoms with Gasteiger partial charge in [0.15, 0.2) is 0 Å². The molecule has 0 atom stereocenters. The van der Waals surface area contributed by atoms with E-state index in [1.165, 1.54) is 6.21 Å². The Morgan fingerprint density at radius 1 is 1.26 bits per heavy atom. The van der Waals surface area contributed by atoms with Crippen LogP contribution in [0.3, 0.4) is 0 Å². The first-order chi connectivity index (χ1) is 9.04. The summed E-state index contributed by atoms with van der Waals surface area (Å²) in [7, 11) is 0. The molecule has 7 heteroatoms. The van der Waals surface area contributed by atoms with Crippen LogP contribution in [0.15, 0.2) is 39.9 Å². The van der Waals surface area contributed by atoms with Crippen LogP contribution >= 0.6 is 23.2 Å². The van der Waals surface area contributed by atoms with Crippen LogP contribution in [0.5, 0.6) is 0 Å². The van der Waals surface area contributed by atoms with Gasteiger partial charge < -0.3 is 10.2 Å². The molecule has 0 fully saturated rings. The summed E-state index contributed by atoms with van der Waals surface area (Å²) in [5.41, 5.74) is 7.68. The van der Waals surface area contributed by atoms with Gasteiger partial charge in [-0.3, -0.25) is 0 Å². The van der Waals surface area contributed by atoms with E-state index in [1.807, 2.05) is 0 Å². The second-order valence-corrected chi connectivity index (χ2v) is 4.47. The zero-order chi connectivity index (χ0) is 13.8. The van der Waals surface area contributed by atoms with Gasteiger partial charge in [0.05, 0.1) is 6.21 Å². The number of halogens is 2. The standard InChI is InChI=1S/C12H9Cl2N3O2/c13-8-3-7(4-9(14)5-8)11-2-1-10(19-11)6-16-17-12(15)18/h1-6H,(H3,15,17,18). The Balaban J connectivity index is 2.20. The van der Waals surface area contributed by atoms with Crippen LogP contribution in [0.4, 0.5) is 4.79 Å². The number of amides is 2. The number of primary amides is 1. The van der Waals surface area contributed by atoms with E-state index in [2.05, 4.69) is 10.5 Å². The highest BCUT2D eigenvalue weighted by Gasteiger charge is 2.06. The summed E-state index contributed by atoms with van der Waals surface area (Å²) in [4.78, 5) is 10.4. The average Bonchev–Trinajstić information content (AvgIpc) is 2.76. The maximum Gasteiger partial charge on any atom is 0.332 e. The van der Waals surface area contributed by atoms with Crippen molar-refractivity contribution in [3.05, 3.63) is 46.1 Å². The molecule has 5 nitrogen and oxygen atoms in total. The summed E-state index contributed by atoms with van der Waals surface area (Å²) in [6, 6.07) is 7.78. The second-order valence-electron chi connectivity index (χ2n) is 3.59. The third kappa shape index (κ3) is 3.74. The number of nitrogens with zero attached hydrogens (tertiary/aromatic N) is 1. The number of urea groups is 1. The van der Waals surface area contributed by atoms with Crippen molar-refractivity contribution >= 4 is 35.4 Å². The summed E-state index contributed by atoms with van der Waals surface area (Å²) in [6.07, 6.45) is 1.33. The summed E-state index contributed by atoms with van der Waals surface area (Å²) < 4.78 is 5.50. The Morgan fingerprint density at radius 3 is 2.58 bits per heavy atom. The zero-order valence-corrected chi connectivity index (χ0v) is 11.1. The third-order valence-corrected chi connectivity index (χ3v) is 2.58. The number of nitrogens with one attached hydrogen (secondary N) is 1. The molecule has 0 bridgehead atoms. The smallest absolute Gasteiger partial charge is 0.332 e. The minimum absolute atomic E-state index is 0.458. The van der Waals surface area contributed by atoms with E-state index >= 15 is 0 Å². The monoisotopic (exact) mass is 297 g/mol. The first kappa shape index (κ1) is 13.5. The van der Waals surface area contributed by atoms with E-state index in [9.17, 15) is 4.79 Å². The number of hydrogen-bond donors (Lipinski definition) is 2. The minimum atomic E-state index is -0.746. The van der Waals surface area contributed by atoms with Gasteiger partial charge in [-0.15, -0.1) is 0 Å². The van der Waals surface area contributed by atoms with Crippen molar-refractivity contribution in [3.63, 3.8) is 0 Å². The van der Waals surface area contributed by atoms with Crippen LogP contribution in [-0.2, 0) is 0 Å². The molecule has 0 unspecified atom stereocenters. The molecule has 0 aliphatic carbocycles. The lowest BCUT2D eigenvalue weighted by molar-refractivity contribution is 0.249. The molecule has 1 heterocycles. The molecule has 0 radical (unpaired) electrons. The molecule has 1 aromatic carbocycles. The van der Waals surface area contributed by atoms with Crippen LogP contribution in [0, 0.1) is 0 Å². The predicted molar refractivity (Wildman–Crippen MR) is 74.5 cm³/mol. The molecule has 2 aromatic rings. The Kier molecular flexibility index (Phi) is 4.09. The summed E-state index contributed by atoms with van der Waals surface area (Å²) in [5.74, 6) is 1.05. The normalized spacial score (nSPS) is 10.8. The SMILES string of the molecule is NC(=O)NN=Cc1ccc(-c2cc(Cl)cc(Cl)c2)o1. The maximum absolute atomic E-state index is 10.4. The van der Waals surface area contributed by atoms with Crippen molar-refractivity contribution in [2.24, 2.45) is 10.8 Å². The van der Waals surface area contributed by atoms with Crippen LogP contribution in [0.25, 0.3) is 11.3 Å². The average molecular weight is 298 g/mol. The van der Waals surface area contributed by atoms with Crippen molar-refractivity contribution in [2.45, 2.75) is 0 Å². The number of carbonyl (C=O) groups excluding carboxylic acids is 1. The number of benzene rings is 1. The lowest BCUT2D eigenvalue weighted by Crippen LogP contribution is -2.24. The topological polar surface area (TPSA) is 80.6 Å². The molecule has 0 saturated heterocycles. The highest BCUT2D eigenvalue weighted by molar-refractivity contribution is 6.35. The fraction of sp³-hybridized carbons (Fsp3) is 0. The van der Waals surface area contributed by atoms with Crippen LogP contribution < -0.4 is 11.2 Å². The van der Waals surface area contributed by atoms with E-state index in [0.29, 0.717) is 21.6 Å². The number of rotatable bonds is 3. The predicted octanol–water partition coefficient (Wildman–Crippen LogP) is 3.26. The molecule has 1 aromatic heterocycles. The number of hydrogen-bond acceptors (Lipinski definition) is 3. The Hall–Kier alpha value is -1.98. The van der Waals surface area contributed by atoms with Gasteiger partial charge in [0.1, 0.15) is 11.5 Å². The Labute approximate surface area is 119 Å². The zero-order valence-electron chi connectivity index (χ0n) is 9.56. The van der Waals surface area contributed by atoms with Crippen molar-refractivity contribution in [1.82, 2.24) is 5.43 Å². The molecule has 2 amide bonds. The van der Waals surface area contributed by atoms with Gasteiger partial charge in [0.2, 0.25) is 0 Å². The molecule has 0 saturated carbocycles. The molecular formula is C12H9Cl2N3O2. The molecule has 0 aliphatic rings. The summed E-state index contributed by atoms with van der Waals surface area (Å²) in [6.45, 7) is 0. The van der Waals surface area contributed by atoms with Gasteiger partial charge in [0.25, 0.3) is 0 Å². The highest BCUT2D eigenvalue weighted by atomic mass is 35.5. The minimum Gasteiger partial charge on any atom is -0.455 e. The largest absolute Gasteiger partial charge is 0.455 e. The first-order valence-electron chi connectivity index (χ1n) is 5.19. The van der Waals surface area contributed by atoms with E-state index in [4.69, 9.17) is 33.4 Å². The highest BCUT2D eigenvalue weighted by Crippen LogP contribution is 2.28. The molecule has 98 valence electrons. The van der Waals surface area contributed by atoms with Crippen molar-refractivity contribution in [3.8, 4) is 11.3 Å². The van der Waals surface area contributed by atoms with E-state index in [-0.39, 0.29) is 0 Å². The van der Waals surface area contributed by atoms with Crippen LogP contribution in [0.1, 0.15) is 5.76 Å². The quantitative estimate of drug-likeness (QED) is 0.673. The first-order valence-corrected chi connectivity index (χ1v) is 5.95. The van der Waals surface area contributed by atoms with Crippen molar-refractivity contribution in [2.75, 3.05) is 0 Å². The Bertz CT molecular complexity index is 617. The molecule has 2 rings (SSSR count). The molecule has 0 aliphatic heterocycles. The van der Waals surface area contributed by atoms with E-state index < -0.39 is 6.03 Å². The number of nitrogens with two attached hydrogens (primary N) is 1. The second kappa shape index (κ2) is 5.77. The van der Waals surface area contributed by atoms with E-state index in [0.717, 1.165) is 5.56 Å². The molecule has 3 N–H and O–H groups in total. The van der Waals surface area contributed by atoms with Gasteiger partial charge in [0, 0.05) is 15.6 Å².